The van der Waals surface area contributed by atoms with Gasteiger partial charge in [0.1, 0.15) is 25.8 Å². The number of fused-ring (bicyclic) bond motifs is 1. The maximum Gasteiger partial charge on any atom is 0.244 e. The number of nitrogens with zero attached hydrogens (tertiary/aromatic N) is 2. The van der Waals surface area contributed by atoms with Crippen LogP contribution in [-0.4, -0.2) is 62.7 Å². The van der Waals surface area contributed by atoms with Crippen LogP contribution in [0.2, 0.25) is 0 Å². The topological polar surface area (TPSA) is 105 Å². The lowest BCUT2D eigenvalue weighted by atomic mass is 10.1. The summed E-state index contributed by atoms with van der Waals surface area (Å²) in [5.74, 6) is -0.0769. The number of halogens is 1. The van der Waals surface area contributed by atoms with Crippen LogP contribution in [0.5, 0.6) is 11.5 Å². The van der Waals surface area contributed by atoms with E-state index in [4.69, 9.17) is 9.47 Å². The second-order valence-electron chi connectivity index (χ2n) is 8.88. The highest BCUT2D eigenvalue weighted by molar-refractivity contribution is 9.10. The van der Waals surface area contributed by atoms with Gasteiger partial charge in [-0.3, -0.25) is 13.9 Å². The Morgan fingerprint density at radius 1 is 1.05 bits per heavy atom. The van der Waals surface area contributed by atoms with Crippen LogP contribution in [0.1, 0.15) is 39.7 Å². The number of benzene rings is 2. The molecule has 37 heavy (non-hydrogen) atoms. The predicted octanol–water partition coefficient (Wildman–Crippen LogP) is 3.71. The summed E-state index contributed by atoms with van der Waals surface area (Å²) in [5, 5.41) is 2.92. The Morgan fingerprint density at radius 2 is 1.76 bits per heavy atom. The van der Waals surface area contributed by atoms with Crippen LogP contribution >= 0.6 is 15.9 Å². The van der Waals surface area contributed by atoms with E-state index in [1.54, 1.807) is 25.1 Å². The highest BCUT2D eigenvalue weighted by Gasteiger charge is 2.32. The average molecular weight is 597 g/mol. The van der Waals surface area contributed by atoms with Crippen molar-refractivity contribution in [3.63, 3.8) is 0 Å². The van der Waals surface area contributed by atoms with E-state index in [0.29, 0.717) is 30.4 Å². The molecule has 9 nitrogen and oxygen atoms in total. The standard InChI is InChI=1S/C26H34BrN3O6S/c1-5-18(3)28-26(32)19(4)29(16-20-8-7-9-21(27)14-20)25(31)17-30(37(33,34)6-2)22-10-11-23-24(15-22)36-13-12-35-23/h7-11,14-15,18-19H,5-6,12-13,16-17H2,1-4H3,(H,28,32)/t18-,19-/m0/s1. The number of ether oxygens (including phenoxy) is 2. The molecule has 2 atom stereocenters. The van der Waals surface area contributed by atoms with E-state index in [-0.39, 0.29) is 24.2 Å². The zero-order valence-electron chi connectivity index (χ0n) is 21.6. The van der Waals surface area contributed by atoms with Crippen LogP contribution in [0.15, 0.2) is 46.9 Å². The first-order chi connectivity index (χ1) is 17.6. The molecular formula is C26H34BrN3O6S. The number of carbonyl (C=O) groups excluding carboxylic acids is 2. The van der Waals surface area contributed by atoms with Gasteiger partial charge in [-0.15, -0.1) is 0 Å². The van der Waals surface area contributed by atoms with Gasteiger partial charge < -0.3 is 19.7 Å². The molecular weight excluding hydrogens is 562 g/mol. The largest absolute Gasteiger partial charge is 0.486 e. The third-order valence-electron chi connectivity index (χ3n) is 6.20. The van der Waals surface area contributed by atoms with Gasteiger partial charge in [-0.1, -0.05) is 35.0 Å². The molecule has 11 heteroatoms. The number of carbonyl (C=O) groups is 2. The summed E-state index contributed by atoms with van der Waals surface area (Å²) in [7, 11) is -3.84. The molecule has 0 aromatic heterocycles. The van der Waals surface area contributed by atoms with E-state index in [1.807, 2.05) is 38.1 Å². The van der Waals surface area contributed by atoms with Gasteiger partial charge in [0.2, 0.25) is 21.8 Å². The molecule has 1 aliphatic rings. The number of rotatable bonds is 11. The highest BCUT2D eigenvalue weighted by Crippen LogP contribution is 2.35. The van der Waals surface area contributed by atoms with Gasteiger partial charge in [-0.25, -0.2) is 8.42 Å². The zero-order chi connectivity index (χ0) is 27.2. The van der Waals surface area contributed by atoms with Crippen LogP contribution in [0.3, 0.4) is 0 Å². The van der Waals surface area contributed by atoms with Crippen LogP contribution in [0.25, 0.3) is 0 Å². The number of hydrogen-bond acceptors (Lipinski definition) is 6. The number of sulfonamides is 1. The van der Waals surface area contributed by atoms with Crippen molar-refractivity contribution in [3.8, 4) is 11.5 Å². The quantitative estimate of drug-likeness (QED) is 0.424. The molecule has 202 valence electrons. The molecule has 2 aromatic carbocycles. The lowest BCUT2D eigenvalue weighted by Gasteiger charge is -2.32. The summed E-state index contributed by atoms with van der Waals surface area (Å²) >= 11 is 3.44. The molecule has 2 aromatic rings. The van der Waals surface area contributed by atoms with E-state index in [0.717, 1.165) is 20.8 Å². The van der Waals surface area contributed by atoms with Crippen LogP contribution in [0, 0.1) is 0 Å². The maximum absolute atomic E-state index is 13.7. The first kappa shape index (κ1) is 28.8. The van der Waals surface area contributed by atoms with Gasteiger partial charge in [-0.05, 0) is 57.0 Å². The fraction of sp³-hybridized carbons (Fsp3) is 0.462. The number of nitrogens with one attached hydrogen (secondary N) is 1. The van der Waals surface area contributed by atoms with E-state index >= 15 is 0 Å². The third kappa shape index (κ3) is 7.38. The van der Waals surface area contributed by atoms with E-state index in [1.165, 1.54) is 11.8 Å². The monoisotopic (exact) mass is 595 g/mol. The summed E-state index contributed by atoms with van der Waals surface area (Å²) in [6, 6.07) is 11.3. The Labute approximate surface area is 227 Å². The SMILES string of the molecule is CC[C@H](C)NC(=O)[C@H](C)N(Cc1cccc(Br)c1)C(=O)CN(c1ccc2c(c1)OCCO2)S(=O)(=O)CC. The molecule has 0 spiro atoms. The number of amides is 2. The minimum atomic E-state index is -3.84. The molecule has 1 N–H and O–H groups in total. The van der Waals surface area contributed by atoms with Crippen LogP contribution in [-0.2, 0) is 26.2 Å². The molecule has 1 aliphatic heterocycles. The Bertz CT molecular complexity index is 1220. The van der Waals surface area contributed by atoms with Crippen molar-refractivity contribution in [1.29, 1.82) is 0 Å². The van der Waals surface area contributed by atoms with E-state index in [2.05, 4.69) is 21.2 Å². The van der Waals surface area contributed by atoms with E-state index < -0.39 is 28.5 Å². The predicted molar refractivity (Wildman–Crippen MR) is 146 cm³/mol. The van der Waals surface area contributed by atoms with Crippen molar-refractivity contribution >= 4 is 43.5 Å². The molecule has 0 bridgehead atoms. The lowest BCUT2D eigenvalue weighted by molar-refractivity contribution is -0.139. The Balaban J connectivity index is 1.94. The first-order valence-corrected chi connectivity index (χ1v) is 14.7. The van der Waals surface area contributed by atoms with Crippen molar-refractivity contribution in [2.75, 3.05) is 29.8 Å². The Hall–Kier alpha value is -2.79. The molecule has 1 heterocycles. The van der Waals surface area contributed by atoms with Crippen LogP contribution in [0.4, 0.5) is 5.69 Å². The number of hydrogen-bond donors (Lipinski definition) is 1. The second-order valence-corrected chi connectivity index (χ2v) is 12.0. The molecule has 0 radical (unpaired) electrons. The van der Waals surface area contributed by atoms with Gasteiger partial charge in [-0.2, -0.15) is 0 Å². The summed E-state index contributed by atoms with van der Waals surface area (Å²) in [6.07, 6.45) is 0.741. The Kier molecular flexibility index (Phi) is 9.83. The van der Waals surface area contributed by atoms with Gasteiger partial charge in [0.15, 0.2) is 11.5 Å². The minimum absolute atomic E-state index is 0.0625. The summed E-state index contributed by atoms with van der Waals surface area (Å²) < 4.78 is 39.3. The van der Waals surface area contributed by atoms with Gasteiger partial charge in [0.25, 0.3) is 0 Å². The van der Waals surface area contributed by atoms with Crippen molar-refractivity contribution < 1.29 is 27.5 Å². The van der Waals surface area contributed by atoms with Gasteiger partial charge in [0, 0.05) is 23.1 Å². The van der Waals surface area contributed by atoms with Crippen molar-refractivity contribution in [3.05, 3.63) is 52.5 Å². The molecule has 0 saturated heterocycles. The average Bonchev–Trinajstić information content (AvgIpc) is 2.89. The smallest absolute Gasteiger partial charge is 0.244 e. The lowest BCUT2D eigenvalue weighted by Crippen LogP contribution is -2.52. The maximum atomic E-state index is 13.7. The van der Waals surface area contributed by atoms with Crippen molar-refractivity contribution in [1.82, 2.24) is 10.2 Å². The second kappa shape index (κ2) is 12.6. The third-order valence-corrected chi connectivity index (χ3v) is 8.44. The normalized spacial score (nSPS) is 14.4. The first-order valence-electron chi connectivity index (χ1n) is 12.3. The summed E-state index contributed by atoms with van der Waals surface area (Å²) in [5.41, 5.74) is 1.09. The molecule has 0 saturated carbocycles. The molecule has 2 amide bonds. The summed E-state index contributed by atoms with van der Waals surface area (Å²) in [6.45, 7) is 7.44. The minimum Gasteiger partial charge on any atom is -0.486 e. The summed E-state index contributed by atoms with van der Waals surface area (Å²) in [4.78, 5) is 28.2. The fourth-order valence-corrected chi connectivity index (χ4v) is 5.29. The van der Waals surface area contributed by atoms with Gasteiger partial charge >= 0.3 is 0 Å². The van der Waals surface area contributed by atoms with Gasteiger partial charge in [0.05, 0.1) is 11.4 Å². The molecule has 0 aliphatic carbocycles. The Morgan fingerprint density at radius 3 is 2.41 bits per heavy atom. The fourth-order valence-electron chi connectivity index (χ4n) is 3.79. The van der Waals surface area contributed by atoms with E-state index in [9.17, 15) is 18.0 Å². The number of anilines is 1. The van der Waals surface area contributed by atoms with Crippen molar-refractivity contribution in [2.45, 2.75) is 52.7 Å². The van der Waals surface area contributed by atoms with Crippen molar-refractivity contribution in [2.24, 2.45) is 0 Å². The molecule has 0 fully saturated rings. The zero-order valence-corrected chi connectivity index (χ0v) is 24.0. The molecule has 0 unspecified atom stereocenters. The molecule has 3 rings (SSSR count). The highest BCUT2D eigenvalue weighted by atomic mass is 79.9. The van der Waals surface area contributed by atoms with Crippen LogP contribution < -0.4 is 19.1 Å².